The van der Waals surface area contributed by atoms with E-state index in [-0.39, 0.29) is 0 Å². The number of rotatable bonds is 9. The molecule has 1 rings (SSSR count). The molecule has 18 heavy (non-hydrogen) atoms. The molecular weight excluding hydrogens is 222 g/mol. The normalized spacial score (nSPS) is 12.9. The Hall–Kier alpha value is -0.860. The number of hydrogen-bond acceptors (Lipinski definition) is 2. The predicted octanol–water partition coefficient (Wildman–Crippen LogP) is 3.27. The number of benzene rings is 1. The van der Waals surface area contributed by atoms with Gasteiger partial charge in [0, 0.05) is 6.54 Å². The highest BCUT2D eigenvalue weighted by Crippen LogP contribution is 2.03. The number of ether oxygens (including phenoxy) is 1. The van der Waals surface area contributed by atoms with Crippen molar-refractivity contribution in [3.63, 3.8) is 0 Å². The largest absolute Gasteiger partial charge is 0.377 e. The minimum absolute atomic E-state index is 0.340. The maximum Gasteiger partial charge on any atom is 0.0697 e. The van der Waals surface area contributed by atoms with Crippen molar-refractivity contribution in [3.05, 3.63) is 35.9 Å². The summed E-state index contributed by atoms with van der Waals surface area (Å²) in [5.74, 6) is 0.701. The lowest BCUT2D eigenvalue weighted by molar-refractivity contribution is 0.0525. The van der Waals surface area contributed by atoms with E-state index in [9.17, 15) is 0 Å². The van der Waals surface area contributed by atoms with Gasteiger partial charge in [0.1, 0.15) is 0 Å². The summed E-state index contributed by atoms with van der Waals surface area (Å²) in [7, 11) is 0. The van der Waals surface area contributed by atoms with Crippen molar-refractivity contribution in [3.8, 4) is 0 Å². The van der Waals surface area contributed by atoms with Gasteiger partial charge in [0.25, 0.3) is 0 Å². The van der Waals surface area contributed by atoms with E-state index in [0.717, 1.165) is 32.5 Å². The van der Waals surface area contributed by atoms with E-state index in [1.165, 1.54) is 5.56 Å². The first-order valence-electron chi connectivity index (χ1n) is 7.08. The molecule has 102 valence electrons. The Bertz CT molecular complexity index is 297. The molecule has 0 saturated carbocycles. The van der Waals surface area contributed by atoms with Crippen LogP contribution in [-0.2, 0) is 11.2 Å². The standard InChI is InChI=1S/C16H27NO/c1-4-16(13-17-12-14(2)3)18-11-10-15-8-6-5-7-9-15/h5-9,14,16-17H,4,10-13H2,1-3H3. The van der Waals surface area contributed by atoms with E-state index in [0.29, 0.717) is 12.0 Å². The quantitative estimate of drug-likeness (QED) is 0.725. The lowest BCUT2D eigenvalue weighted by atomic mass is 10.2. The predicted molar refractivity (Wildman–Crippen MR) is 77.9 cm³/mol. The van der Waals surface area contributed by atoms with E-state index in [1.807, 2.05) is 0 Å². The van der Waals surface area contributed by atoms with E-state index in [2.05, 4.69) is 56.4 Å². The van der Waals surface area contributed by atoms with E-state index in [4.69, 9.17) is 4.74 Å². The van der Waals surface area contributed by atoms with Crippen LogP contribution >= 0.6 is 0 Å². The van der Waals surface area contributed by atoms with Crippen LogP contribution in [0.5, 0.6) is 0 Å². The van der Waals surface area contributed by atoms with Crippen molar-refractivity contribution in [2.24, 2.45) is 5.92 Å². The summed E-state index contributed by atoms with van der Waals surface area (Å²) in [6.45, 7) is 9.48. The Labute approximate surface area is 112 Å². The van der Waals surface area contributed by atoms with Crippen LogP contribution in [0, 0.1) is 5.92 Å². The zero-order valence-electron chi connectivity index (χ0n) is 12.0. The van der Waals surface area contributed by atoms with Crippen molar-refractivity contribution in [1.82, 2.24) is 5.32 Å². The maximum absolute atomic E-state index is 5.91. The topological polar surface area (TPSA) is 21.3 Å². The van der Waals surface area contributed by atoms with E-state index >= 15 is 0 Å². The Morgan fingerprint density at radius 3 is 2.44 bits per heavy atom. The Morgan fingerprint density at radius 2 is 1.83 bits per heavy atom. The minimum atomic E-state index is 0.340. The fraction of sp³-hybridized carbons (Fsp3) is 0.625. The minimum Gasteiger partial charge on any atom is -0.377 e. The number of nitrogens with one attached hydrogen (secondary N) is 1. The number of hydrogen-bond donors (Lipinski definition) is 1. The molecule has 0 aliphatic heterocycles. The molecule has 0 aliphatic rings. The Morgan fingerprint density at radius 1 is 1.11 bits per heavy atom. The zero-order valence-corrected chi connectivity index (χ0v) is 12.0. The summed E-state index contributed by atoms with van der Waals surface area (Å²) in [5.41, 5.74) is 1.35. The lowest BCUT2D eigenvalue weighted by Crippen LogP contribution is -2.31. The summed E-state index contributed by atoms with van der Waals surface area (Å²) >= 11 is 0. The molecule has 0 bridgehead atoms. The molecule has 0 amide bonds. The molecule has 0 radical (unpaired) electrons. The fourth-order valence-corrected chi connectivity index (χ4v) is 1.84. The van der Waals surface area contributed by atoms with Crippen LogP contribution < -0.4 is 5.32 Å². The van der Waals surface area contributed by atoms with Crippen molar-refractivity contribution in [2.75, 3.05) is 19.7 Å². The van der Waals surface area contributed by atoms with Crippen LogP contribution in [0.25, 0.3) is 0 Å². The molecule has 0 aromatic heterocycles. The van der Waals surface area contributed by atoms with Crippen molar-refractivity contribution in [1.29, 1.82) is 0 Å². The Kier molecular flexibility index (Phi) is 7.70. The Balaban J connectivity index is 2.15. The molecule has 1 aromatic rings. The molecule has 0 spiro atoms. The summed E-state index contributed by atoms with van der Waals surface area (Å²) in [6.07, 6.45) is 2.41. The smallest absolute Gasteiger partial charge is 0.0697 e. The lowest BCUT2D eigenvalue weighted by Gasteiger charge is -2.17. The summed E-state index contributed by atoms with van der Waals surface area (Å²) in [5, 5.41) is 3.46. The van der Waals surface area contributed by atoms with Gasteiger partial charge in [-0.2, -0.15) is 0 Å². The highest BCUT2D eigenvalue weighted by molar-refractivity contribution is 5.14. The van der Waals surface area contributed by atoms with E-state index < -0.39 is 0 Å². The molecule has 1 unspecified atom stereocenters. The highest BCUT2D eigenvalue weighted by atomic mass is 16.5. The second-order valence-corrected chi connectivity index (χ2v) is 5.19. The molecule has 2 heteroatoms. The average molecular weight is 249 g/mol. The van der Waals surface area contributed by atoms with Gasteiger partial charge in [0.2, 0.25) is 0 Å². The summed E-state index contributed by atoms with van der Waals surface area (Å²) in [6, 6.07) is 10.5. The van der Waals surface area contributed by atoms with Gasteiger partial charge in [0.15, 0.2) is 0 Å². The molecule has 0 fully saturated rings. The third-order valence-electron chi connectivity index (χ3n) is 2.97. The van der Waals surface area contributed by atoms with Crippen molar-refractivity contribution < 1.29 is 4.74 Å². The van der Waals surface area contributed by atoms with Gasteiger partial charge in [-0.15, -0.1) is 0 Å². The molecule has 0 saturated heterocycles. The second kappa shape index (κ2) is 9.12. The third kappa shape index (κ3) is 6.77. The summed E-state index contributed by atoms with van der Waals surface area (Å²) in [4.78, 5) is 0. The van der Waals surface area contributed by atoms with Crippen LogP contribution in [0.15, 0.2) is 30.3 Å². The second-order valence-electron chi connectivity index (χ2n) is 5.19. The summed E-state index contributed by atoms with van der Waals surface area (Å²) < 4.78 is 5.91. The van der Waals surface area contributed by atoms with Gasteiger partial charge in [0.05, 0.1) is 12.7 Å². The molecular formula is C16H27NO. The van der Waals surface area contributed by atoms with Crippen LogP contribution in [0.1, 0.15) is 32.8 Å². The first kappa shape index (κ1) is 15.2. The average Bonchev–Trinajstić information content (AvgIpc) is 2.38. The first-order valence-corrected chi connectivity index (χ1v) is 7.08. The molecule has 1 N–H and O–H groups in total. The van der Waals surface area contributed by atoms with E-state index in [1.54, 1.807) is 0 Å². The van der Waals surface area contributed by atoms with Crippen LogP contribution in [0.4, 0.5) is 0 Å². The van der Waals surface area contributed by atoms with Gasteiger partial charge in [-0.3, -0.25) is 0 Å². The third-order valence-corrected chi connectivity index (χ3v) is 2.97. The van der Waals surface area contributed by atoms with Gasteiger partial charge in [-0.05, 0) is 30.9 Å². The monoisotopic (exact) mass is 249 g/mol. The molecule has 0 heterocycles. The van der Waals surface area contributed by atoms with Crippen molar-refractivity contribution in [2.45, 2.75) is 39.7 Å². The van der Waals surface area contributed by atoms with Gasteiger partial charge in [-0.1, -0.05) is 51.1 Å². The zero-order chi connectivity index (χ0) is 13.2. The fourth-order valence-electron chi connectivity index (χ4n) is 1.84. The van der Waals surface area contributed by atoms with Gasteiger partial charge in [-0.25, -0.2) is 0 Å². The van der Waals surface area contributed by atoms with Gasteiger partial charge >= 0.3 is 0 Å². The van der Waals surface area contributed by atoms with Crippen LogP contribution in [-0.4, -0.2) is 25.8 Å². The molecule has 1 aromatic carbocycles. The first-order chi connectivity index (χ1) is 8.72. The van der Waals surface area contributed by atoms with Crippen LogP contribution in [0.3, 0.4) is 0 Å². The molecule has 2 nitrogen and oxygen atoms in total. The molecule has 0 aliphatic carbocycles. The maximum atomic E-state index is 5.91. The SMILES string of the molecule is CCC(CNCC(C)C)OCCc1ccccc1. The highest BCUT2D eigenvalue weighted by Gasteiger charge is 2.06. The molecule has 1 atom stereocenters. The van der Waals surface area contributed by atoms with Crippen molar-refractivity contribution >= 4 is 0 Å². The van der Waals surface area contributed by atoms with Gasteiger partial charge < -0.3 is 10.1 Å². The van der Waals surface area contributed by atoms with Crippen LogP contribution in [0.2, 0.25) is 0 Å².